The number of aliphatic hydroxyl groups is 1. The first-order valence-electron chi connectivity index (χ1n) is 19.5. The lowest BCUT2D eigenvalue weighted by atomic mass is 10.0. The molecule has 4 heteroatoms. The largest absolute Gasteiger partial charge is 0.395 e. The van der Waals surface area contributed by atoms with Crippen LogP contribution in [0.3, 0.4) is 0 Å². The van der Waals surface area contributed by atoms with Crippen molar-refractivity contribution in [2.75, 3.05) is 46.0 Å². The van der Waals surface area contributed by atoms with Crippen molar-refractivity contribution in [2.24, 2.45) is 0 Å². The third-order valence-corrected chi connectivity index (χ3v) is 9.64. The molecule has 1 fully saturated rings. The van der Waals surface area contributed by atoms with Crippen molar-refractivity contribution in [3.8, 4) is 0 Å². The molecule has 1 aliphatic heterocycles. The number of aliphatic hydroxyl groups excluding tert-OH is 1. The number of β-amino-alcohol motifs (C(OH)–C–C–N with tert-alkyl or cyclic N) is 1. The summed E-state index contributed by atoms with van der Waals surface area (Å²) in [5.74, 6) is 0. The first-order valence-corrected chi connectivity index (χ1v) is 19.5. The number of unbranched alkanes of at least 4 members (excludes halogenated alkanes) is 25. The van der Waals surface area contributed by atoms with E-state index in [2.05, 4.69) is 23.6 Å². The van der Waals surface area contributed by atoms with Crippen LogP contribution in [0.25, 0.3) is 0 Å². The van der Waals surface area contributed by atoms with E-state index in [0.717, 1.165) is 39.4 Å². The molecule has 1 rings (SSSR count). The zero-order chi connectivity index (χ0) is 30.2. The highest BCUT2D eigenvalue weighted by Crippen LogP contribution is 2.21. The van der Waals surface area contributed by atoms with Gasteiger partial charge < -0.3 is 9.84 Å². The van der Waals surface area contributed by atoms with E-state index in [-0.39, 0.29) is 6.61 Å². The summed E-state index contributed by atoms with van der Waals surface area (Å²) in [5.41, 5.74) is 0. The summed E-state index contributed by atoms with van der Waals surface area (Å²) < 4.78 is 6.06. The Labute approximate surface area is 265 Å². The molecule has 1 atom stereocenters. The number of hydrogen-bond donors (Lipinski definition) is 1. The second-order valence-electron chi connectivity index (χ2n) is 13.5. The maximum atomic E-state index is 9.56. The van der Waals surface area contributed by atoms with Crippen LogP contribution in [-0.2, 0) is 4.74 Å². The van der Waals surface area contributed by atoms with E-state index in [9.17, 15) is 5.11 Å². The Morgan fingerprint density at radius 3 is 1.21 bits per heavy atom. The van der Waals surface area contributed by atoms with Crippen LogP contribution in [0.2, 0.25) is 0 Å². The zero-order valence-electron chi connectivity index (χ0n) is 29.1. The molecule has 0 bridgehead atoms. The van der Waals surface area contributed by atoms with Crippen LogP contribution < -0.4 is 0 Å². The molecule has 0 radical (unpaired) electrons. The Bertz CT molecular complexity index is 517. The molecule has 252 valence electrons. The fourth-order valence-electron chi connectivity index (χ4n) is 6.83. The van der Waals surface area contributed by atoms with Gasteiger partial charge in [0.15, 0.2) is 0 Å². The lowest BCUT2D eigenvalue weighted by Gasteiger charge is -2.30. The molecule has 1 unspecified atom stereocenters. The predicted octanol–water partition coefficient (Wildman–Crippen LogP) is 10.9. The molecule has 0 saturated carbocycles. The first kappa shape index (κ1) is 39.9. The summed E-state index contributed by atoms with van der Waals surface area (Å²) in [6.45, 7) is 10.8. The smallest absolute Gasteiger partial charge is 0.0624 e. The van der Waals surface area contributed by atoms with Crippen molar-refractivity contribution in [2.45, 2.75) is 200 Å². The van der Waals surface area contributed by atoms with Gasteiger partial charge in [0, 0.05) is 32.8 Å². The normalized spacial score (nSPS) is 16.2. The average Bonchev–Trinajstić information content (AvgIpc) is 3.38. The van der Waals surface area contributed by atoms with Gasteiger partial charge in [-0.05, 0) is 12.8 Å². The number of hydrogen-bond acceptors (Lipinski definition) is 4. The van der Waals surface area contributed by atoms with Gasteiger partial charge in [0.1, 0.15) is 0 Å². The predicted molar refractivity (Wildman–Crippen MR) is 185 cm³/mol. The highest BCUT2D eigenvalue weighted by Gasteiger charge is 2.30. The van der Waals surface area contributed by atoms with Crippen molar-refractivity contribution < 1.29 is 9.84 Å². The average molecular weight is 595 g/mol. The second kappa shape index (κ2) is 32.2. The monoisotopic (exact) mass is 595 g/mol. The van der Waals surface area contributed by atoms with Crippen LogP contribution in [0.1, 0.15) is 194 Å². The lowest BCUT2D eigenvalue weighted by molar-refractivity contribution is 0.0634. The molecule has 0 aromatic rings. The minimum Gasteiger partial charge on any atom is -0.395 e. The Hall–Kier alpha value is -0.160. The molecule has 1 aliphatic rings. The molecular formula is C38H78N2O2. The summed E-state index contributed by atoms with van der Waals surface area (Å²) >= 11 is 0. The molecule has 1 saturated heterocycles. The van der Waals surface area contributed by atoms with E-state index in [1.807, 2.05) is 0 Å². The van der Waals surface area contributed by atoms with Gasteiger partial charge in [-0.1, -0.05) is 181 Å². The zero-order valence-corrected chi connectivity index (χ0v) is 29.1. The third-order valence-electron chi connectivity index (χ3n) is 9.64. The maximum Gasteiger partial charge on any atom is 0.0624 e. The third kappa shape index (κ3) is 24.2. The topological polar surface area (TPSA) is 35.9 Å². The van der Waals surface area contributed by atoms with E-state index < -0.39 is 0 Å². The Morgan fingerprint density at radius 2 is 0.810 bits per heavy atom. The summed E-state index contributed by atoms with van der Waals surface area (Å²) in [7, 11) is 0. The van der Waals surface area contributed by atoms with Gasteiger partial charge in [-0.25, -0.2) is 0 Å². The highest BCUT2D eigenvalue weighted by atomic mass is 16.5. The number of nitrogens with zero attached hydrogens (tertiary/aromatic N) is 2. The van der Waals surface area contributed by atoms with E-state index in [1.54, 1.807) is 0 Å². The van der Waals surface area contributed by atoms with Crippen molar-refractivity contribution in [3.63, 3.8) is 0 Å². The maximum absolute atomic E-state index is 9.56. The molecular weight excluding hydrogens is 516 g/mol. The molecule has 1 heterocycles. The van der Waals surface area contributed by atoms with Crippen LogP contribution in [0.4, 0.5) is 0 Å². The van der Waals surface area contributed by atoms with Crippen molar-refractivity contribution in [3.05, 3.63) is 0 Å². The van der Waals surface area contributed by atoms with Crippen LogP contribution in [0.5, 0.6) is 0 Å². The van der Waals surface area contributed by atoms with Gasteiger partial charge >= 0.3 is 0 Å². The van der Waals surface area contributed by atoms with Gasteiger partial charge in [-0.15, -0.1) is 0 Å². The first-order chi connectivity index (χ1) is 20.8. The second-order valence-corrected chi connectivity index (χ2v) is 13.5. The summed E-state index contributed by atoms with van der Waals surface area (Å²) in [6, 6.07) is 0. The van der Waals surface area contributed by atoms with Crippen molar-refractivity contribution in [1.29, 1.82) is 0 Å². The molecule has 0 aromatic carbocycles. The van der Waals surface area contributed by atoms with Crippen molar-refractivity contribution in [1.82, 2.24) is 9.80 Å². The summed E-state index contributed by atoms with van der Waals surface area (Å²) in [6.07, 6.45) is 39.8. The van der Waals surface area contributed by atoms with Gasteiger partial charge in [-0.3, -0.25) is 9.80 Å². The number of ether oxygens (including phenoxy) is 1. The van der Waals surface area contributed by atoms with E-state index in [4.69, 9.17) is 4.74 Å². The number of rotatable bonds is 34. The molecule has 42 heavy (non-hydrogen) atoms. The lowest BCUT2D eigenvalue weighted by Crippen LogP contribution is -2.41. The fourth-order valence-corrected chi connectivity index (χ4v) is 6.83. The Morgan fingerprint density at radius 1 is 0.452 bits per heavy atom. The minimum absolute atomic E-state index is 0.276. The fraction of sp³-hybridized carbons (Fsp3) is 1.00. The van der Waals surface area contributed by atoms with Gasteiger partial charge in [-0.2, -0.15) is 0 Å². The molecule has 0 amide bonds. The van der Waals surface area contributed by atoms with Gasteiger partial charge in [0.05, 0.1) is 19.4 Å². The van der Waals surface area contributed by atoms with E-state index >= 15 is 0 Å². The van der Waals surface area contributed by atoms with Crippen LogP contribution in [0, 0.1) is 0 Å². The minimum atomic E-state index is 0.276. The van der Waals surface area contributed by atoms with Crippen LogP contribution in [-0.4, -0.2) is 67.1 Å². The standard InChI is InChI=1S/C38H78N2O2/c1-3-5-7-9-11-13-15-17-19-21-23-25-27-29-36-42-37-34-40-32-31-39(33-35-41)38(40)30-28-26-24-22-20-18-16-14-12-10-8-6-4-2/h38,41H,3-37H2,1-2H3. The van der Waals surface area contributed by atoms with Crippen LogP contribution >= 0.6 is 0 Å². The summed E-state index contributed by atoms with van der Waals surface area (Å²) in [4.78, 5) is 5.13. The van der Waals surface area contributed by atoms with E-state index in [1.165, 1.54) is 180 Å². The quantitative estimate of drug-likeness (QED) is 0.0752. The Kier molecular flexibility index (Phi) is 30.6. The molecule has 1 N–H and O–H groups in total. The molecule has 4 nitrogen and oxygen atoms in total. The van der Waals surface area contributed by atoms with Gasteiger partial charge in [0.25, 0.3) is 0 Å². The summed E-state index contributed by atoms with van der Waals surface area (Å²) in [5, 5.41) is 9.56. The SMILES string of the molecule is CCCCCCCCCCCCCCCCOCCN1CCN(CCO)C1CCCCCCCCCCCCCCC. The van der Waals surface area contributed by atoms with Crippen LogP contribution in [0.15, 0.2) is 0 Å². The Balaban J connectivity index is 1.96. The molecule has 0 aromatic heterocycles. The highest BCUT2D eigenvalue weighted by molar-refractivity contribution is 4.81. The van der Waals surface area contributed by atoms with Crippen molar-refractivity contribution >= 4 is 0 Å². The van der Waals surface area contributed by atoms with E-state index in [0.29, 0.717) is 6.17 Å². The molecule has 0 spiro atoms. The van der Waals surface area contributed by atoms with Gasteiger partial charge in [0.2, 0.25) is 0 Å². The molecule has 0 aliphatic carbocycles.